The van der Waals surface area contributed by atoms with E-state index >= 15 is 0 Å². The zero-order valence-corrected chi connectivity index (χ0v) is 9.06. The molecule has 3 nitrogen and oxygen atoms in total. The second-order valence-corrected chi connectivity index (χ2v) is 3.18. The average Bonchev–Trinajstić information content (AvgIpc) is 2.26. The Bertz CT molecular complexity index is 346. The first-order chi connectivity index (χ1) is 7.15. The molecule has 0 fully saturated rings. The highest BCUT2D eigenvalue weighted by Gasteiger charge is 2.13. The summed E-state index contributed by atoms with van der Waals surface area (Å²) in [4.78, 5) is 17.0. The first kappa shape index (κ1) is 11.3. The summed E-state index contributed by atoms with van der Waals surface area (Å²) in [6.45, 7) is 7.60. The molecule has 0 saturated heterocycles. The van der Waals surface area contributed by atoms with Crippen LogP contribution in [0.5, 0.6) is 5.75 Å². The van der Waals surface area contributed by atoms with Crippen LogP contribution in [-0.4, -0.2) is 17.5 Å². The molecule has 1 aromatic carbocycles. The van der Waals surface area contributed by atoms with Gasteiger partial charge in [0.25, 0.3) is 5.91 Å². The lowest BCUT2D eigenvalue weighted by atomic mass is 10.3. The highest BCUT2D eigenvalue weighted by atomic mass is 16.7. The van der Waals surface area contributed by atoms with Gasteiger partial charge < -0.3 is 4.84 Å². The number of nitrogens with zero attached hydrogens (tertiary/aromatic N) is 1. The van der Waals surface area contributed by atoms with Crippen molar-refractivity contribution in [3.63, 3.8) is 0 Å². The lowest BCUT2D eigenvalue weighted by Crippen LogP contribution is -2.34. The standard InChI is InChI=1S/C12H15NO2/c1-4-13(12(14)10(2)3)15-11-8-6-5-7-9-11/h5-9H,2,4H2,1,3H3. The van der Waals surface area contributed by atoms with Crippen molar-refractivity contribution in [2.45, 2.75) is 13.8 Å². The third-order valence-electron chi connectivity index (χ3n) is 1.84. The lowest BCUT2D eigenvalue weighted by molar-refractivity contribution is -0.151. The number of benzene rings is 1. The van der Waals surface area contributed by atoms with Gasteiger partial charge >= 0.3 is 0 Å². The number of carbonyl (C=O) groups excluding carboxylic acids is 1. The number of hydrogen-bond donors (Lipinski definition) is 0. The molecule has 0 aromatic heterocycles. The van der Waals surface area contributed by atoms with E-state index in [9.17, 15) is 4.79 Å². The van der Waals surface area contributed by atoms with Crippen LogP contribution in [0.15, 0.2) is 42.5 Å². The van der Waals surface area contributed by atoms with Gasteiger partial charge in [0.1, 0.15) is 0 Å². The Morgan fingerprint density at radius 2 is 2.00 bits per heavy atom. The van der Waals surface area contributed by atoms with Gasteiger partial charge in [0.15, 0.2) is 5.75 Å². The van der Waals surface area contributed by atoms with Crippen molar-refractivity contribution in [3.05, 3.63) is 42.5 Å². The maximum absolute atomic E-state index is 11.6. The van der Waals surface area contributed by atoms with Crippen LogP contribution in [0.2, 0.25) is 0 Å². The summed E-state index contributed by atoms with van der Waals surface area (Å²) in [7, 11) is 0. The second-order valence-electron chi connectivity index (χ2n) is 3.18. The van der Waals surface area contributed by atoms with Crippen molar-refractivity contribution in [1.82, 2.24) is 5.06 Å². The van der Waals surface area contributed by atoms with Crippen molar-refractivity contribution in [1.29, 1.82) is 0 Å². The number of likely N-dealkylation sites (N-methyl/N-ethyl adjacent to an activating group) is 1. The highest BCUT2D eigenvalue weighted by Crippen LogP contribution is 2.11. The van der Waals surface area contributed by atoms with Crippen LogP contribution in [0, 0.1) is 0 Å². The van der Waals surface area contributed by atoms with Gasteiger partial charge in [-0.3, -0.25) is 4.79 Å². The molecule has 1 amide bonds. The van der Waals surface area contributed by atoms with Crippen molar-refractivity contribution in [2.24, 2.45) is 0 Å². The third-order valence-corrected chi connectivity index (χ3v) is 1.84. The molecule has 0 unspecified atom stereocenters. The van der Waals surface area contributed by atoms with E-state index in [-0.39, 0.29) is 5.91 Å². The molecule has 0 aliphatic carbocycles. The number of rotatable bonds is 4. The molecule has 0 aliphatic heterocycles. The van der Waals surface area contributed by atoms with E-state index in [1.165, 1.54) is 5.06 Å². The van der Waals surface area contributed by atoms with Crippen LogP contribution in [0.4, 0.5) is 0 Å². The molecular formula is C12H15NO2. The SMILES string of the molecule is C=C(C)C(=O)N(CC)Oc1ccccc1. The molecule has 0 radical (unpaired) electrons. The van der Waals surface area contributed by atoms with Crippen LogP contribution in [0.1, 0.15) is 13.8 Å². The van der Waals surface area contributed by atoms with Gasteiger partial charge in [-0.25, -0.2) is 0 Å². The monoisotopic (exact) mass is 205 g/mol. The molecule has 0 aliphatic rings. The number of hydrogen-bond acceptors (Lipinski definition) is 2. The minimum Gasteiger partial charge on any atom is -0.377 e. The van der Waals surface area contributed by atoms with E-state index in [0.29, 0.717) is 17.9 Å². The van der Waals surface area contributed by atoms with E-state index in [0.717, 1.165) is 0 Å². The summed E-state index contributed by atoms with van der Waals surface area (Å²) in [6, 6.07) is 9.20. The van der Waals surface area contributed by atoms with Crippen LogP contribution in [0.3, 0.4) is 0 Å². The van der Waals surface area contributed by atoms with E-state index in [1.54, 1.807) is 19.1 Å². The summed E-state index contributed by atoms with van der Waals surface area (Å²) in [6.07, 6.45) is 0. The number of hydroxylamine groups is 2. The van der Waals surface area contributed by atoms with E-state index in [1.807, 2.05) is 25.1 Å². The zero-order chi connectivity index (χ0) is 11.3. The van der Waals surface area contributed by atoms with Gasteiger partial charge in [-0.2, -0.15) is 5.06 Å². The Labute approximate surface area is 89.9 Å². The number of carbonyl (C=O) groups is 1. The molecule has 0 saturated carbocycles. The van der Waals surface area contributed by atoms with Gasteiger partial charge in [0.2, 0.25) is 0 Å². The minimum atomic E-state index is -0.193. The molecule has 0 spiro atoms. The van der Waals surface area contributed by atoms with Crippen LogP contribution >= 0.6 is 0 Å². The van der Waals surface area contributed by atoms with Gasteiger partial charge in [0.05, 0.1) is 6.54 Å². The highest BCUT2D eigenvalue weighted by molar-refractivity contribution is 5.91. The summed E-state index contributed by atoms with van der Waals surface area (Å²) in [5, 5.41) is 1.29. The predicted octanol–water partition coefficient (Wildman–Crippen LogP) is 2.41. The van der Waals surface area contributed by atoms with E-state index < -0.39 is 0 Å². The first-order valence-corrected chi connectivity index (χ1v) is 4.85. The van der Waals surface area contributed by atoms with Gasteiger partial charge in [-0.1, -0.05) is 24.8 Å². The van der Waals surface area contributed by atoms with Crippen molar-refractivity contribution in [2.75, 3.05) is 6.54 Å². The fraction of sp³-hybridized carbons (Fsp3) is 0.250. The molecule has 15 heavy (non-hydrogen) atoms. The van der Waals surface area contributed by atoms with Crippen molar-refractivity contribution >= 4 is 5.91 Å². The normalized spacial score (nSPS) is 9.47. The second kappa shape index (κ2) is 5.20. The van der Waals surface area contributed by atoms with Gasteiger partial charge in [-0.15, -0.1) is 0 Å². The third kappa shape index (κ3) is 3.13. The molecule has 1 rings (SSSR count). The minimum absolute atomic E-state index is 0.193. The number of para-hydroxylation sites is 1. The van der Waals surface area contributed by atoms with Crippen molar-refractivity contribution < 1.29 is 9.63 Å². The predicted molar refractivity (Wildman–Crippen MR) is 59.3 cm³/mol. The fourth-order valence-electron chi connectivity index (χ4n) is 1.07. The largest absolute Gasteiger partial charge is 0.377 e. The summed E-state index contributed by atoms with van der Waals surface area (Å²) >= 11 is 0. The molecule has 0 atom stereocenters. The van der Waals surface area contributed by atoms with Gasteiger partial charge in [-0.05, 0) is 26.0 Å². The van der Waals surface area contributed by atoms with Gasteiger partial charge in [0, 0.05) is 5.57 Å². The van der Waals surface area contributed by atoms with Crippen molar-refractivity contribution in [3.8, 4) is 5.75 Å². The van der Waals surface area contributed by atoms with E-state index in [4.69, 9.17) is 4.84 Å². The quantitative estimate of drug-likeness (QED) is 0.558. The summed E-state index contributed by atoms with van der Waals surface area (Å²) in [5.74, 6) is 0.454. The summed E-state index contributed by atoms with van der Waals surface area (Å²) < 4.78 is 0. The molecule has 3 heteroatoms. The molecule has 0 N–H and O–H groups in total. The maximum atomic E-state index is 11.6. The first-order valence-electron chi connectivity index (χ1n) is 4.85. The Kier molecular flexibility index (Phi) is 3.92. The topological polar surface area (TPSA) is 29.5 Å². The fourth-order valence-corrected chi connectivity index (χ4v) is 1.07. The Morgan fingerprint density at radius 1 is 1.40 bits per heavy atom. The molecule has 1 aromatic rings. The van der Waals surface area contributed by atoms with Crippen LogP contribution < -0.4 is 4.84 Å². The lowest BCUT2D eigenvalue weighted by Gasteiger charge is -2.20. The smallest absolute Gasteiger partial charge is 0.281 e. The van der Waals surface area contributed by atoms with Crippen LogP contribution in [-0.2, 0) is 4.79 Å². The van der Waals surface area contributed by atoms with Crippen LogP contribution in [0.25, 0.3) is 0 Å². The Balaban J connectivity index is 2.70. The molecule has 0 bridgehead atoms. The molecular weight excluding hydrogens is 190 g/mol. The maximum Gasteiger partial charge on any atom is 0.281 e. The molecule has 0 heterocycles. The summed E-state index contributed by atoms with van der Waals surface area (Å²) in [5.41, 5.74) is 0.466. The average molecular weight is 205 g/mol. The van der Waals surface area contributed by atoms with E-state index in [2.05, 4.69) is 6.58 Å². The molecule has 80 valence electrons. The zero-order valence-electron chi connectivity index (χ0n) is 9.06. The Morgan fingerprint density at radius 3 is 2.47 bits per heavy atom. The number of amides is 1. The Hall–Kier alpha value is -1.77.